The van der Waals surface area contributed by atoms with Crippen LogP contribution >= 0.6 is 0 Å². The Hall–Kier alpha value is -3.19. The summed E-state index contributed by atoms with van der Waals surface area (Å²) < 4.78 is 0. The van der Waals surface area contributed by atoms with Gasteiger partial charge in [-0.25, -0.2) is 0 Å². The van der Waals surface area contributed by atoms with Gasteiger partial charge in [0.25, 0.3) is 5.91 Å². The van der Waals surface area contributed by atoms with Crippen LogP contribution in [0.3, 0.4) is 0 Å². The van der Waals surface area contributed by atoms with Crippen LogP contribution in [0, 0.1) is 5.92 Å². The number of carbonyl (C=O) groups excluding carboxylic acids is 3. The van der Waals surface area contributed by atoms with E-state index in [1.807, 2.05) is 51.1 Å². The lowest BCUT2D eigenvalue weighted by atomic mass is 10.1. The number of amides is 3. The maximum atomic E-state index is 12.7. The van der Waals surface area contributed by atoms with Gasteiger partial charge in [0.05, 0.1) is 29.9 Å². The fourth-order valence-electron chi connectivity index (χ4n) is 2.67. The molecule has 0 aliphatic rings. The third-order valence-electron chi connectivity index (χ3n) is 4.54. The van der Waals surface area contributed by atoms with Gasteiger partial charge in [-0.15, -0.1) is 0 Å². The van der Waals surface area contributed by atoms with E-state index in [1.54, 1.807) is 24.3 Å². The third-order valence-corrected chi connectivity index (χ3v) is 4.54. The van der Waals surface area contributed by atoms with E-state index in [4.69, 9.17) is 5.73 Å². The van der Waals surface area contributed by atoms with Crippen LogP contribution in [-0.4, -0.2) is 30.3 Å². The Morgan fingerprint density at radius 2 is 1.55 bits per heavy atom. The number of rotatable bonds is 8. The highest BCUT2D eigenvalue weighted by Gasteiger charge is 2.19. The summed E-state index contributed by atoms with van der Waals surface area (Å²) in [4.78, 5) is 36.8. The van der Waals surface area contributed by atoms with Crippen molar-refractivity contribution in [3.05, 3.63) is 65.7 Å². The highest BCUT2D eigenvalue weighted by molar-refractivity contribution is 6.04. The van der Waals surface area contributed by atoms with Crippen molar-refractivity contribution in [2.45, 2.75) is 32.9 Å². The molecule has 0 saturated heterocycles. The Labute approximate surface area is 171 Å². The first-order valence-electron chi connectivity index (χ1n) is 9.57. The van der Waals surface area contributed by atoms with E-state index in [9.17, 15) is 14.4 Å². The molecule has 7 heteroatoms. The molecule has 0 aliphatic carbocycles. The van der Waals surface area contributed by atoms with E-state index in [1.165, 1.54) is 0 Å². The third kappa shape index (κ3) is 6.43. The van der Waals surface area contributed by atoms with Crippen molar-refractivity contribution in [3.8, 4) is 0 Å². The highest BCUT2D eigenvalue weighted by Crippen LogP contribution is 2.17. The largest absolute Gasteiger partial charge is 0.346 e. The van der Waals surface area contributed by atoms with Crippen LogP contribution in [0.4, 0.5) is 5.69 Å². The molecule has 2 atom stereocenters. The minimum absolute atomic E-state index is 0.0333. The SMILES string of the molecule is CC(NC(=O)c1ccccc1NC(=O)CNC(=O)[C@@H](N)C(C)C)c1ccccc1. The van der Waals surface area contributed by atoms with Gasteiger partial charge < -0.3 is 21.7 Å². The van der Waals surface area contributed by atoms with Crippen LogP contribution in [0.5, 0.6) is 0 Å². The Bertz CT molecular complexity index is 852. The van der Waals surface area contributed by atoms with Crippen LogP contribution in [0.15, 0.2) is 54.6 Å². The summed E-state index contributed by atoms with van der Waals surface area (Å²) in [5.41, 5.74) is 7.45. The first-order valence-corrected chi connectivity index (χ1v) is 9.57. The normalized spacial score (nSPS) is 12.7. The second-order valence-electron chi connectivity index (χ2n) is 7.19. The summed E-state index contributed by atoms with van der Waals surface area (Å²) in [7, 11) is 0. The second kappa shape index (κ2) is 10.4. The summed E-state index contributed by atoms with van der Waals surface area (Å²) in [6.07, 6.45) is 0. The fourth-order valence-corrected chi connectivity index (χ4v) is 2.67. The van der Waals surface area contributed by atoms with Crippen LogP contribution in [-0.2, 0) is 9.59 Å². The Morgan fingerprint density at radius 3 is 2.21 bits per heavy atom. The summed E-state index contributed by atoms with van der Waals surface area (Å²) in [5.74, 6) is -1.17. The van der Waals surface area contributed by atoms with Crippen molar-refractivity contribution in [1.29, 1.82) is 0 Å². The molecule has 0 spiro atoms. The number of anilines is 1. The summed E-state index contributed by atoms with van der Waals surface area (Å²) in [6, 6.07) is 15.4. The topological polar surface area (TPSA) is 113 Å². The van der Waals surface area contributed by atoms with Gasteiger partial charge in [0.2, 0.25) is 11.8 Å². The predicted octanol–water partition coefficient (Wildman–Crippen LogP) is 2.22. The summed E-state index contributed by atoms with van der Waals surface area (Å²) >= 11 is 0. The number of hydrogen-bond acceptors (Lipinski definition) is 4. The van der Waals surface area contributed by atoms with Crippen molar-refractivity contribution in [3.63, 3.8) is 0 Å². The zero-order chi connectivity index (χ0) is 21.4. The van der Waals surface area contributed by atoms with E-state index in [2.05, 4.69) is 16.0 Å². The van der Waals surface area contributed by atoms with Crippen molar-refractivity contribution < 1.29 is 14.4 Å². The summed E-state index contributed by atoms with van der Waals surface area (Å²) in [5, 5.41) is 8.11. The van der Waals surface area contributed by atoms with Crippen LogP contribution in [0.2, 0.25) is 0 Å². The zero-order valence-electron chi connectivity index (χ0n) is 16.9. The van der Waals surface area contributed by atoms with Crippen LogP contribution < -0.4 is 21.7 Å². The second-order valence-corrected chi connectivity index (χ2v) is 7.19. The molecule has 1 unspecified atom stereocenters. The van der Waals surface area contributed by atoms with Gasteiger partial charge in [0, 0.05) is 0 Å². The molecule has 0 aliphatic heterocycles. The maximum absolute atomic E-state index is 12.7. The van der Waals surface area contributed by atoms with Crippen LogP contribution in [0.1, 0.15) is 42.7 Å². The molecular weight excluding hydrogens is 368 g/mol. The first-order chi connectivity index (χ1) is 13.8. The lowest BCUT2D eigenvalue weighted by Crippen LogP contribution is -2.46. The van der Waals surface area contributed by atoms with Gasteiger partial charge in [-0.2, -0.15) is 0 Å². The van der Waals surface area contributed by atoms with E-state index < -0.39 is 17.9 Å². The van der Waals surface area contributed by atoms with Crippen molar-refractivity contribution in [2.24, 2.45) is 11.7 Å². The van der Waals surface area contributed by atoms with Gasteiger partial charge in [0.15, 0.2) is 0 Å². The number of para-hydroxylation sites is 1. The Morgan fingerprint density at radius 1 is 0.931 bits per heavy atom. The standard InChI is InChI=1S/C22H28N4O3/c1-14(2)20(23)22(29)24-13-19(27)26-18-12-8-7-11-17(18)21(28)25-15(3)16-9-5-4-6-10-16/h4-12,14-15,20H,13,23H2,1-3H3,(H,24,29)(H,25,28)(H,26,27)/t15?,20-/m0/s1. The molecule has 2 rings (SSSR count). The van der Waals surface area contributed by atoms with Gasteiger partial charge in [-0.05, 0) is 30.5 Å². The monoisotopic (exact) mass is 396 g/mol. The lowest BCUT2D eigenvalue weighted by Gasteiger charge is -2.17. The molecule has 154 valence electrons. The molecule has 5 N–H and O–H groups in total. The summed E-state index contributed by atoms with van der Waals surface area (Å²) in [6.45, 7) is 5.32. The number of hydrogen-bond donors (Lipinski definition) is 4. The first kappa shape index (κ1) is 22.1. The molecule has 29 heavy (non-hydrogen) atoms. The highest BCUT2D eigenvalue weighted by atomic mass is 16.2. The minimum Gasteiger partial charge on any atom is -0.346 e. The lowest BCUT2D eigenvalue weighted by molar-refractivity contribution is -0.125. The number of benzene rings is 2. The predicted molar refractivity (Wildman–Crippen MR) is 113 cm³/mol. The average molecular weight is 396 g/mol. The molecule has 2 aromatic carbocycles. The van der Waals surface area contributed by atoms with E-state index in [-0.39, 0.29) is 24.4 Å². The molecule has 0 radical (unpaired) electrons. The van der Waals surface area contributed by atoms with Gasteiger partial charge in [0.1, 0.15) is 0 Å². The van der Waals surface area contributed by atoms with Crippen LogP contribution in [0.25, 0.3) is 0 Å². The molecule has 3 amide bonds. The minimum atomic E-state index is -0.680. The quantitative estimate of drug-likeness (QED) is 0.548. The number of nitrogens with one attached hydrogen (secondary N) is 3. The molecule has 7 nitrogen and oxygen atoms in total. The number of carbonyl (C=O) groups is 3. The molecule has 0 heterocycles. The van der Waals surface area contributed by atoms with E-state index in [0.29, 0.717) is 11.3 Å². The molecular formula is C22H28N4O3. The molecule has 0 aromatic heterocycles. The fraction of sp³-hybridized carbons (Fsp3) is 0.318. The Kier molecular flexibility index (Phi) is 7.91. The number of nitrogens with two attached hydrogens (primary N) is 1. The van der Waals surface area contributed by atoms with E-state index in [0.717, 1.165) is 5.56 Å². The molecule has 0 saturated carbocycles. The van der Waals surface area contributed by atoms with Crippen molar-refractivity contribution in [1.82, 2.24) is 10.6 Å². The average Bonchev–Trinajstić information content (AvgIpc) is 2.72. The van der Waals surface area contributed by atoms with E-state index >= 15 is 0 Å². The molecule has 0 bridgehead atoms. The Balaban J connectivity index is 2.00. The molecule has 0 fully saturated rings. The van der Waals surface area contributed by atoms with Gasteiger partial charge in [-0.3, -0.25) is 14.4 Å². The zero-order valence-corrected chi connectivity index (χ0v) is 16.9. The van der Waals surface area contributed by atoms with Crippen molar-refractivity contribution in [2.75, 3.05) is 11.9 Å². The van der Waals surface area contributed by atoms with Gasteiger partial charge in [-0.1, -0.05) is 56.3 Å². The smallest absolute Gasteiger partial charge is 0.253 e. The van der Waals surface area contributed by atoms with Crippen molar-refractivity contribution >= 4 is 23.4 Å². The maximum Gasteiger partial charge on any atom is 0.253 e. The van der Waals surface area contributed by atoms with Gasteiger partial charge >= 0.3 is 0 Å². The molecule has 2 aromatic rings.